The van der Waals surface area contributed by atoms with Gasteiger partial charge in [0.1, 0.15) is 0 Å². The van der Waals surface area contributed by atoms with E-state index in [1.807, 2.05) is 6.92 Å². The van der Waals surface area contributed by atoms with E-state index in [0.717, 1.165) is 0 Å². The van der Waals surface area contributed by atoms with Crippen molar-refractivity contribution in [2.75, 3.05) is 19.0 Å². The van der Waals surface area contributed by atoms with Crippen molar-refractivity contribution in [1.82, 2.24) is 0 Å². The quantitative estimate of drug-likeness (QED) is 0.690. The van der Waals surface area contributed by atoms with Gasteiger partial charge in [-0.3, -0.25) is 4.79 Å². The molecule has 0 bridgehead atoms. The van der Waals surface area contributed by atoms with E-state index >= 15 is 0 Å². The van der Waals surface area contributed by atoms with E-state index in [9.17, 15) is 9.59 Å². The fraction of sp³-hybridized carbons (Fsp3) is 0.429. The van der Waals surface area contributed by atoms with Crippen LogP contribution in [0.1, 0.15) is 30.1 Å². The fourth-order valence-corrected chi connectivity index (χ4v) is 2.99. The van der Waals surface area contributed by atoms with Crippen LogP contribution in [0.25, 0.3) is 0 Å². The van der Waals surface area contributed by atoms with Crippen LogP contribution in [-0.4, -0.2) is 25.5 Å². The number of ether oxygens (including phenoxy) is 1. The average molecular weight is 422 g/mol. The molecule has 1 amide bonds. The first kappa shape index (κ1) is 18.1. The van der Waals surface area contributed by atoms with E-state index in [0.29, 0.717) is 39.6 Å². The molecule has 1 rings (SSSR count). The fourth-order valence-electron chi connectivity index (χ4n) is 1.67. The minimum absolute atomic E-state index is 0.163. The van der Waals surface area contributed by atoms with Crippen LogP contribution in [0.3, 0.4) is 0 Å². The predicted octanol–water partition coefficient (Wildman–Crippen LogP) is 3.31. The molecule has 0 saturated carbocycles. The first-order valence-corrected chi connectivity index (χ1v) is 8.04. The van der Waals surface area contributed by atoms with E-state index in [1.54, 1.807) is 12.1 Å². The van der Waals surface area contributed by atoms with E-state index in [-0.39, 0.29) is 11.8 Å². The summed E-state index contributed by atoms with van der Waals surface area (Å²) < 4.78 is 6.06. The largest absolute Gasteiger partial charge is 0.465 e. The van der Waals surface area contributed by atoms with Crippen LogP contribution in [0.2, 0.25) is 0 Å². The standard InChI is InChI=1S/C14H18Br2N2O3/c1-8(7-17)3-4-12(19)18-13-10(14(20)21-2)5-9(15)6-11(13)16/h5-6,8H,3-4,7,17H2,1-2H3,(H,18,19). The van der Waals surface area contributed by atoms with Crippen molar-refractivity contribution in [3.8, 4) is 0 Å². The second kappa shape index (κ2) is 8.51. The lowest BCUT2D eigenvalue weighted by molar-refractivity contribution is -0.116. The molecule has 0 aliphatic heterocycles. The highest BCUT2D eigenvalue weighted by Crippen LogP contribution is 2.31. The van der Waals surface area contributed by atoms with Gasteiger partial charge in [-0.2, -0.15) is 0 Å². The SMILES string of the molecule is COC(=O)c1cc(Br)cc(Br)c1NC(=O)CCC(C)CN. The maximum absolute atomic E-state index is 12.0. The van der Waals surface area contributed by atoms with Gasteiger partial charge in [0.15, 0.2) is 0 Å². The lowest BCUT2D eigenvalue weighted by Gasteiger charge is -2.13. The predicted molar refractivity (Wildman–Crippen MR) is 89.3 cm³/mol. The number of hydrogen-bond donors (Lipinski definition) is 2. The summed E-state index contributed by atoms with van der Waals surface area (Å²) in [5.41, 5.74) is 6.23. The molecule has 0 heterocycles. The smallest absolute Gasteiger partial charge is 0.340 e. The van der Waals surface area contributed by atoms with Crippen LogP contribution >= 0.6 is 31.9 Å². The molecular weight excluding hydrogens is 404 g/mol. The second-order valence-corrected chi connectivity index (χ2v) is 6.50. The minimum atomic E-state index is -0.511. The number of benzene rings is 1. The summed E-state index contributed by atoms with van der Waals surface area (Å²) in [6, 6.07) is 3.36. The zero-order chi connectivity index (χ0) is 16.0. The number of amides is 1. The van der Waals surface area contributed by atoms with Crippen molar-refractivity contribution in [3.63, 3.8) is 0 Å². The monoisotopic (exact) mass is 420 g/mol. The summed E-state index contributed by atoms with van der Waals surface area (Å²) in [6.45, 7) is 2.53. The third kappa shape index (κ3) is 5.41. The summed E-state index contributed by atoms with van der Waals surface area (Å²) >= 11 is 6.65. The zero-order valence-electron chi connectivity index (χ0n) is 11.9. The first-order chi connectivity index (χ1) is 9.88. The molecule has 0 saturated heterocycles. The van der Waals surface area contributed by atoms with Gasteiger partial charge in [-0.15, -0.1) is 0 Å². The Morgan fingerprint density at radius 3 is 2.62 bits per heavy atom. The molecule has 5 nitrogen and oxygen atoms in total. The number of rotatable bonds is 6. The number of hydrogen-bond acceptors (Lipinski definition) is 4. The number of anilines is 1. The molecule has 0 fully saturated rings. The summed E-state index contributed by atoms with van der Waals surface area (Å²) in [5.74, 6) is -0.393. The van der Waals surface area contributed by atoms with Gasteiger partial charge in [-0.05, 0) is 46.9 Å². The summed E-state index contributed by atoms with van der Waals surface area (Å²) in [7, 11) is 1.30. The Labute approximate surface area is 140 Å². The van der Waals surface area contributed by atoms with E-state index in [4.69, 9.17) is 10.5 Å². The van der Waals surface area contributed by atoms with Gasteiger partial charge in [0.2, 0.25) is 5.91 Å². The first-order valence-electron chi connectivity index (χ1n) is 6.46. The molecule has 0 aliphatic carbocycles. The van der Waals surface area contributed by atoms with Gasteiger partial charge in [0.25, 0.3) is 0 Å². The van der Waals surface area contributed by atoms with Crippen molar-refractivity contribution in [2.45, 2.75) is 19.8 Å². The topological polar surface area (TPSA) is 81.4 Å². The molecule has 116 valence electrons. The maximum atomic E-state index is 12.0. The third-order valence-corrected chi connectivity index (χ3v) is 4.07. The maximum Gasteiger partial charge on any atom is 0.340 e. The van der Waals surface area contributed by atoms with E-state index < -0.39 is 5.97 Å². The number of esters is 1. The molecule has 7 heteroatoms. The van der Waals surface area contributed by atoms with Gasteiger partial charge in [-0.1, -0.05) is 22.9 Å². The van der Waals surface area contributed by atoms with Crippen molar-refractivity contribution >= 4 is 49.4 Å². The molecule has 1 atom stereocenters. The summed E-state index contributed by atoms with van der Waals surface area (Å²) in [5, 5.41) is 2.75. The van der Waals surface area contributed by atoms with Crippen LogP contribution in [0, 0.1) is 5.92 Å². The van der Waals surface area contributed by atoms with Crippen LogP contribution in [0.5, 0.6) is 0 Å². The Morgan fingerprint density at radius 2 is 2.05 bits per heavy atom. The number of nitrogens with one attached hydrogen (secondary N) is 1. The average Bonchev–Trinajstić information content (AvgIpc) is 2.46. The number of methoxy groups -OCH3 is 1. The molecule has 0 radical (unpaired) electrons. The minimum Gasteiger partial charge on any atom is -0.465 e. The van der Waals surface area contributed by atoms with Crippen molar-refractivity contribution < 1.29 is 14.3 Å². The lowest BCUT2D eigenvalue weighted by Crippen LogP contribution is -2.18. The Morgan fingerprint density at radius 1 is 1.38 bits per heavy atom. The highest BCUT2D eigenvalue weighted by molar-refractivity contribution is 9.11. The third-order valence-electron chi connectivity index (χ3n) is 2.99. The number of halogens is 2. The van der Waals surface area contributed by atoms with Crippen LogP contribution in [0.4, 0.5) is 5.69 Å². The molecule has 3 N–H and O–H groups in total. The van der Waals surface area contributed by atoms with Crippen molar-refractivity contribution in [2.24, 2.45) is 11.7 Å². The lowest BCUT2D eigenvalue weighted by atomic mass is 10.1. The highest BCUT2D eigenvalue weighted by Gasteiger charge is 2.18. The normalized spacial score (nSPS) is 11.9. The number of nitrogens with two attached hydrogens (primary N) is 1. The molecule has 21 heavy (non-hydrogen) atoms. The molecule has 0 aromatic heterocycles. The Bertz CT molecular complexity index is 535. The van der Waals surface area contributed by atoms with Crippen LogP contribution < -0.4 is 11.1 Å². The van der Waals surface area contributed by atoms with Gasteiger partial charge >= 0.3 is 5.97 Å². The zero-order valence-corrected chi connectivity index (χ0v) is 15.1. The van der Waals surface area contributed by atoms with Crippen molar-refractivity contribution in [3.05, 3.63) is 26.6 Å². The molecule has 0 aliphatic rings. The van der Waals surface area contributed by atoms with Gasteiger partial charge in [0, 0.05) is 15.4 Å². The molecule has 1 aromatic carbocycles. The Balaban J connectivity index is 2.91. The molecule has 1 aromatic rings. The summed E-state index contributed by atoms with van der Waals surface area (Å²) in [6.07, 6.45) is 1.05. The second-order valence-electron chi connectivity index (χ2n) is 4.73. The van der Waals surface area contributed by atoms with E-state index in [1.165, 1.54) is 7.11 Å². The van der Waals surface area contributed by atoms with Crippen LogP contribution in [0.15, 0.2) is 21.1 Å². The van der Waals surface area contributed by atoms with Gasteiger partial charge in [0.05, 0.1) is 18.4 Å². The van der Waals surface area contributed by atoms with Gasteiger partial charge < -0.3 is 15.8 Å². The van der Waals surface area contributed by atoms with Gasteiger partial charge in [-0.25, -0.2) is 4.79 Å². The van der Waals surface area contributed by atoms with E-state index in [2.05, 4.69) is 37.2 Å². The molecular formula is C14H18Br2N2O3. The Hall–Kier alpha value is -0.920. The number of carbonyl (C=O) groups excluding carboxylic acids is 2. The Kier molecular flexibility index (Phi) is 7.34. The molecule has 0 spiro atoms. The highest BCUT2D eigenvalue weighted by atomic mass is 79.9. The van der Waals surface area contributed by atoms with Crippen molar-refractivity contribution in [1.29, 1.82) is 0 Å². The number of carbonyl (C=O) groups is 2. The summed E-state index contributed by atoms with van der Waals surface area (Å²) in [4.78, 5) is 23.8. The molecule has 1 unspecified atom stereocenters. The van der Waals surface area contributed by atoms with Crippen LogP contribution in [-0.2, 0) is 9.53 Å².